The molecule has 1 saturated carbocycles. The lowest BCUT2D eigenvalue weighted by Gasteiger charge is -2.24. The van der Waals surface area contributed by atoms with Crippen molar-refractivity contribution >= 4 is 21.4 Å². The number of rotatable bonds is 4. The van der Waals surface area contributed by atoms with Crippen LogP contribution in [-0.2, 0) is 9.84 Å². The summed E-state index contributed by atoms with van der Waals surface area (Å²) in [5.74, 6) is 0. The van der Waals surface area contributed by atoms with E-state index in [1.165, 1.54) is 6.26 Å². The van der Waals surface area contributed by atoms with E-state index in [4.69, 9.17) is 11.6 Å². The van der Waals surface area contributed by atoms with Crippen molar-refractivity contribution < 1.29 is 8.42 Å². The standard InChI is InChI=1S/C14H20ClNO2S/c1-10(11-6-3-4-7-12(11)15)16-13-8-5-9-14(13)19(2,17)18/h3-4,6-7,10,13-14,16H,5,8-9H2,1-2H3/t10-,13?,14?/m0/s1. The molecule has 0 saturated heterocycles. The molecule has 0 amide bonds. The Morgan fingerprint density at radius 2 is 2.00 bits per heavy atom. The van der Waals surface area contributed by atoms with Gasteiger partial charge in [0, 0.05) is 23.4 Å². The molecule has 0 aromatic heterocycles. The molecule has 3 nitrogen and oxygen atoms in total. The number of hydrogen-bond acceptors (Lipinski definition) is 3. The smallest absolute Gasteiger partial charge is 0.151 e. The Hall–Kier alpha value is -0.580. The van der Waals surface area contributed by atoms with Gasteiger partial charge < -0.3 is 5.32 Å². The summed E-state index contributed by atoms with van der Waals surface area (Å²) in [4.78, 5) is 0. The van der Waals surface area contributed by atoms with Gasteiger partial charge in [-0.15, -0.1) is 0 Å². The van der Waals surface area contributed by atoms with Crippen molar-refractivity contribution in [2.75, 3.05) is 6.26 Å². The first-order chi connectivity index (χ1) is 8.89. The highest BCUT2D eigenvalue weighted by molar-refractivity contribution is 7.91. The Bertz CT molecular complexity index is 544. The average molecular weight is 302 g/mol. The first-order valence-electron chi connectivity index (χ1n) is 6.59. The van der Waals surface area contributed by atoms with Gasteiger partial charge in [-0.25, -0.2) is 8.42 Å². The topological polar surface area (TPSA) is 46.2 Å². The van der Waals surface area contributed by atoms with Gasteiger partial charge in [0.1, 0.15) is 0 Å². The summed E-state index contributed by atoms with van der Waals surface area (Å²) in [6.07, 6.45) is 3.96. The molecule has 1 aromatic rings. The summed E-state index contributed by atoms with van der Waals surface area (Å²) in [5, 5.41) is 3.88. The van der Waals surface area contributed by atoms with Crippen molar-refractivity contribution in [3.8, 4) is 0 Å². The van der Waals surface area contributed by atoms with Crippen LogP contribution < -0.4 is 5.32 Å². The largest absolute Gasteiger partial charge is 0.306 e. The predicted octanol–water partition coefficient (Wildman–Crippen LogP) is 2.96. The molecule has 3 atom stereocenters. The molecule has 5 heteroatoms. The maximum absolute atomic E-state index is 11.8. The molecule has 1 N–H and O–H groups in total. The lowest BCUT2D eigenvalue weighted by molar-refractivity contribution is 0.456. The molecule has 2 unspecified atom stereocenters. The van der Waals surface area contributed by atoms with Crippen LogP contribution in [0.15, 0.2) is 24.3 Å². The van der Waals surface area contributed by atoms with Gasteiger partial charge in [0.2, 0.25) is 0 Å². The van der Waals surface area contributed by atoms with Crippen LogP contribution in [0.4, 0.5) is 0 Å². The fourth-order valence-electron chi connectivity index (χ4n) is 2.87. The van der Waals surface area contributed by atoms with Crippen LogP contribution in [0.3, 0.4) is 0 Å². The molecule has 0 radical (unpaired) electrons. The second-order valence-electron chi connectivity index (χ2n) is 5.32. The molecular weight excluding hydrogens is 282 g/mol. The van der Waals surface area contributed by atoms with Crippen LogP contribution in [0.2, 0.25) is 5.02 Å². The minimum absolute atomic E-state index is 0.0290. The Kier molecular flexibility index (Phi) is 4.54. The highest BCUT2D eigenvalue weighted by atomic mass is 35.5. The SMILES string of the molecule is C[C@H](NC1CCCC1S(C)(=O)=O)c1ccccc1Cl. The summed E-state index contributed by atoms with van der Waals surface area (Å²) in [5.41, 5.74) is 1.02. The van der Waals surface area contributed by atoms with Crippen LogP contribution in [0.5, 0.6) is 0 Å². The van der Waals surface area contributed by atoms with E-state index < -0.39 is 9.84 Å². The quantitative estimate of drug-likeness (QED) is 0.930. The van der Waals surface area contributed by atoms with Gasteiger partial charge in [-0.05, 0) is 31.4 Å². The lowest BCUT2D eigenvalue weighted by atomic mass is 10.1. The average Bonchev–Trinajstić information content (AvgIpc) is 2.77. The zero-order valence-corrected chi connectivity index (χ0v) is 12.8. The Morgan fingerprint density at radius 1 is 1.32 bits per heavy atom. The van der Waals surface area contributed by atoms with E-state index >= 15 is 0 Å². The van der Waals surface area contributed by atoms with E-state index in [1.807, 2.05) is 31.2 Å². The lowest BCUT2D eigenvalue weighted by Crippen LogP contribution is -2.41. The Balaban J connectivity index is 2.11. The Labute approximate surface area is 120 Å². The van der Waals surface area contributed by atoms with Gasteiger partial charge >= 0.3 is 0 Å². The van der Waals surface area contributed by atoms with E-state index in [9.17, 15) is 8.42 Å². The van der Waals surface area contributed by atoms with E-state index in [-0.39, 0.29) is 17.3 Å². The zero-order valence-electron chi connectivity index (χ0n) is 11.3. The maximum Gasteiger partial charge on any atom is 0.151 e. The van der Waals surface area contributed by atoms with Crippen LogP contribution in [0.1, 0.15) is 37.8 Å². The van der Waals surface area contributed by atoms with Crippen molar-refractivity contribution in [1.82, 2.24) is 5.32 Å². The fourth-order valence-corrected chi connectivity index (χ4v) is 4.57. The van der Waals surface area contributed by atoms with Crippen molar-refractivity contribution in [2.24, 2.45) is 0 Å². The normalized spacial score (nSPS) is 25.4. The van der Waals surface area contributed by atoms with Gasteiger partial charge in [0.05, 0.1) is 5.25 Å². The predicted molar refractivity (Wildman–Crippen MR) is 79.3 cm³/mol. The molecule has 0 bridgehead atoms. The molecular formula is C14H20ClNO2S. The van der Waals surface area contributed by atoms with E-state index in [2.05, 4.69) is 5.32 Å². The second kappa shape index (κ2) is 5.81. The third-order valence-electron chi connectivity index (χ3n) is 3.84. The summed E-state index contributed by atoms with van der Waals surface area (Å²) < 4.78 is 23.5. The third kappa shape index (κ3) is 3.50. The maximum atomic E-state index is 11.8. The number of benzene rings is 1. The van der Waals surface area contributed by atoms with Crippen molar-refractivity contribution in [3.05, 3.63) is 34.9 Å². The zero-order chi connectivity index (χ0) is 14.0. The third-order valence-corrected chi connectivity index (χ3v) is 5.85. The van der Waals surface area contributed by atoms with Crippen LogP contribution >= 0.6 is 11.6 Å². The van der Waals surface area contributed by atoms with Crippen molar-refractivity contribution in [2.45, 2.75) is 43.5 Å². The van der Waals surface area contributed by atoms with Gasteiger partial charge in [-0.1, -0.05) is 36.2 Å². The van der Waals surface area contributed by atoms with Crippen LogP contribution in [-0.4, -0.2) is 26.0 Å². The molecule has 0 aliphatic heterocycles. The highest BCUT2D eigenvalue weighted by Gasteiger charge is 2.35. The summed E-state index contributed by atoms with van der Waals surface area (Å²) >= 11 is 6.17. The fraction of sp³-hybridized carbons (Fsp3) is 0.571. The summed E-state index contributed by atoms with van der Waals surface area (Å²) in [6, 6.07) is 7.76. The molecule has 106 valence electrons. The first-order valence-corrected chi connectivity index (χ1v) is 8.92. The van der Waals surface area contributed by atoms with E-state index in [0.717, 1.165) is 29.8 Å². The molecule has 2 rings (SSSR count). The molecule has 1 aliphatic carbocycles. The highest BCUT2D eigenvalue weighted by Crippen LogP contribution is 2.29. The van der Waals surface area contributed by atoms with Gasteiger partial charge in [0.15, 0.2) is 9.84 Å². The molecule has 1 aromatic carbocycles. The number of halogens is 1. The van der Waals surface area contributed by atoms with Gasteiger partial charge in [0.25, 0.3) is 0 Å². The van der Waals surface area contributed by atoms with E-state index in [1.54, 1.807) is 0 Å². The number of hydrogen-bond donors (Lipinski definition) is 1. The molecule has 19 heavy (non-hydrogen) atoms. The number of nitrogens with one attached hydrogen (secondary N) is 1. The Morgan fingerprint density at radius 3 is 2.63 bits per heavy atom. The van der Waals surface area contributed by atoms with Gasteiger partial charge in [-0.2, -0.15) is 0 Å². The van der Waals surface area contributed by atoms with Crippen molar-refractivity contribution in [1.29, 1.82) is 0 Å². The number of sulfone groups is 1. The molecule has 0 heterocycles. The minimum Gasteiger partial charge on any atom is -0.306 e. The van der Waals surface area contributed by atoms with E-state index in [0.29, 0.717) is 0 Å². The minimum atomic E-state index is -2.99. The van der Waals surface area contributed by atoms with Crippen molar-refractivity contribution in [3.63, 3.8) is 0 Å². The van der Waals surface area contributed by atoms with Crippen LogP contribution in [0, 0.1) is 0 Å². The summed E-state index contributed by atoms with van der Waals surface area (Å²) in [6.45, 7) is 2.03. The monoisotopic (exact) mass is 301 g/mol. The first kappa shape index (κ1) is 14.8. The molecule has 0 spiro atoms. The summed E-state index contributed by atoms with van der Waals surface area (Å²) in [7, 11) is -2.99. The van der Waals surface area contributed by atoms with Gasteiger partial charge in [-0.3, -0.25) is 0 Å². The second-order valence-corrected chi connectivity index (χ2v) is 7.99. The molecule has 1 fully saturated rings. The molecule has 1 aliphatic rings. The van der Waals surface area contributed by atoms with Crippen LogP contribution in [0.25, 0.3) is 0 Å².